The molecule has 0 fully saturated rings. The fourth-order valence-electron chi connectivity index (χ4n) is 1.00. The van der Waals surface area contributed by atoms with Crippen LogP contribution in [-0.4, -0.2) is 30.0 Å². The molecular formula is C10H16N2O3. The van der Waals surface area contributed by atoms with Crippen LogP contribution in [0.15, 0.2) is 17.1 Å². The van der Waals surface area contributed by atoms with Crippen molar-refractivity contribution in [1.82, 2.24) is 10.2 Å². The van der Waals surface area contributed by atoms with Gasteiger partial charge in [-0.05, 0) is 6.42 Å². The maximum atomic E-state index is 10.8. The van der Waals surface area contributed by atoms with Crippen LogP contribution in [0.2, 0.25) is 0 Å². The summed E-state index contributed by atoms with van der Waals surface area (Å²) in [6.45, 7) is 3.84. The highest BCUT2D eigenvalue weighted by atomic mass is 16.5. The van der Waals surface area contributed by atoms with Crippen LogP contribution in [0.5, 0.6) is 5.75 Å². The number of nitrogens with zero attached hydrogens (tertiary/aromatic N) is 1. The number of aromatic nitrogens is 2. The molecule has 0 aliphatic heterocycles. The number of H-pyrrole nitrogens is 1. The first kappa shape index (κ1) is 11.7. The first-order valence-electron chi connectivity index (χ1n) is 5.08. The van der Waals surface area contributed by atoms with E-state index in [9.17, 15) is 4.79 Å². The zero-order chi connectivity index (χ0) is 10.9. The van der Waals surface area contributed by atoms with Crippen molar-refractivity contribution in [3.63, 3.8) is 0 Å². The molecule has 0 radical (unpaired) electrons. The summed E-state index contributed by atoms with van der Waals surface area (Å²) in [6.07, 6.45) is 3.65. The predicted molar refractivity (Wildman–Crippen MR) is 56.1 cm³/mol. The Morgan fingerprint density at radius 3 is 3.00 bits per heavy atom. The van der Waals surface area contributed by atoms with E-state index in [1.807, 2.05) is 0 Å². The van der Waals surface area contributed by atoms with Gasteiger partial charge in [0.2, 0.25) is 0 Å². The average molecular weight is 212 g/mol. The van der Waals surface area contributed by atoms with Gasteiger partial charge in [0.25, 0.3) is 5.56 Å². The van der Waals surface area contributed by atoms with E-state index in [0.29, 0.717) is 19.0 Å². The van der Waals surface area contributed by atoms with Crippen LogP contribution in [0.1, 0.15) is 19.8 Å². The van der Waals surface area contributed by atoms with Gasteiger partial charge in [-0.2, -0.15) is 5.10 Å². The Labute approximate surface area is 88.4 Å². The van der Waals surface area contributed by atoms with E-state index < -0.39 is 0 Å². The van der Waals surface area contributed by atoms with Crippen molar-refractivity contribution in [2.75, 3.05) is 19.8 Å². The molecule has 5 heteroatoms. The molecule has 0 saturated heterocycles. The lowest BCUT2D eigenvalue weighted by Gasteiger charge is -2.05. The fraction of sp³-hybridized carbons (Fsp3) is 0.600. The molecule has 5 nitrogen and oxygen atoms in total. The highest BCUT2D eigenvalue weighted by Gasteiger charge is 1.94. The summed E-state index contributed by atoms with van der Waals surface area (Å²) < 4.78 is 10.6. The molecule has 0 spiro atoms. The third-order valence-electron chi connectivity index (χ3n) is 1.78. The van der Waals surface area contributed by atoms with Crippen LogP contribution in [0, 0.1) is 0 Å². The normalized spacial score (nSPS) is 10.2. The van der Waals surface area contributed by atoms with E-state index in [1.165, 1.54) is 12.3 Å². The zero-order valence-electron chi connectivity index (χ0n) is 8.86. The van der Waals surface area contributed by atoms with Crippen LogP contribution < -0.4 is 10.3 Å². The van der Waals surface area contributed by atoms with Gasteiger partial charge in [0, 0.05) is 12.7 Å². The summed E-state index contributed by atoms with van der Waals surface area (Å²) in [5.74, 6) is 0.470. The van der Waals surface area contributed by atoms with E-state index >= 15 is 0 Å². The van der Waals surface area contributed by atoms with Gasteiger partial charge in [0.05, 0.1) is 12.8 Å². The molecule has 0 amide bonds. The highest BCUT2D eigenvalue weighted by Crippen LogP contribution is 2.01. The molecule has 0 bridgehead atoms. The summed E-state index contributed by atoms with van der Waals surface area (Å²) in [4.78, 5) is 10.8. The van der Waals surface area contributed by atoms with Crippen LogP contribution in [-0.2, 0) is 4.74 Å². The molecule has 0 atom stereocenters. The zero-order valence-corrected chi connectivity index (χ0v) is 8.86. The minimum absolute atomic E-state index is 0.264. The molecule has 0 aromatic carbocycles. The van der Waals surface area contributed by atoms with Crippen molar-refractivity contribution in [3.8, 4) is 5.75 Å². The van der Waals surface area contributed by atoms with Gasteiger partial charge in [0.15, 0.2) is 0 Å². The Kier molecular flexibility index (Phi) is 5.47. The molecule has 84 valence electrons. The first-order valence-corrected chi connectivity index (χ1v) is 5.08. The average Bonchev–Trinajstić information content (AvgIpc) is 2.23. The lowest BCUT2D eigenvalue weighted by atomic mass is 10.4. The summed E-state index contributed by atoms with van der Waals surface area (Å²) in [7, 11) is 0. The van der Waals surface area contributed by atoms with Gasteiger partial charge < -0.3 is 9.47 Å². The van der Waals surface area contributed by atoms with E-state index in [-0.39, 0.29) is 5.56 Å². The minimum atomic E-state index is -0.264. The summed E-state index contributed by atoms with van der Waals surface area (Å²) in [6, 6.07) is 1.36. The molecule has 0 aliphatic carbocycles. The maximum absolute atomic E-state index is 10.8. The maximum Gasteiger partial charge on any atom is 0.267 e. The Morgan fingerprint density at radius 1 is 1.40 bits per heavy atom. The second-order valence-corrected chi connectivity index (χ2v) is 3.10. The smallest absolute Gasteiger partial charge is 0.267 e. The van der Waals surface area contributed by atoms with Crippen LogP contribution >= 0.6 is 0 Å². The van der Waals surface area contributed by atoms with Gasteiger partial charge in [-0.1, -0.05) is 13.3 Å². The molecule has 0 unspecified atom stereocenters. The van der Waals surface area contributed by atoms with Gasteiger partial charge in [-0.25, -0.2) is 5.10 Å². The van der Waals surface area contributed by atoms with E-state index in [4.69, 9.17) is 9.47 Å². The van der Waals surface area contributed by atoms with Gasteiger partial charge in [0.1, 0.15) is 12.4 Å². The summed E-state index contributed by atoms with van der Waals surface area (Å²) in [5, 5.41) is 5.88. The molecule has 0 saturated carbocycles. The second-order valence-electron chi connectivity index (χ2n) is 3.10. The van der Waals surface area contributed by atoms with Crippen molar-refractivity contribution in [2.24, 2.45) is 0 Å². The third kappa shape index (κ3) is 5.17. The predicted octanol–water partition coefficient (Wildman–Crippen LogP) is 0.965. The number of rotatable bonds is 7. The number of unbranched alkanes of at least 4 members (excludes halogenated alkanes) is 1. The molecule has 1 rings (SSSR count). The number of hydrogen-bond acceptors (Lipinski definition) is 4. The van der Waals surface area contributed by atoms with Gasteiger partial charge >= 0.3 is 0 Å². The van der Waals surface area contributed by atoms with Gasteiger partial charge in [-0.3, -0.25) is 4.79 Å². The Morgan fingerprint density at radius 2 is 2.27 bits per heavy atom. The largest absolute Gasteiger partial charge is 0.489 e. The highest BCUT2D eigenvalue weighted by molar-refractivity contribution is 5.12. The lowest BCUT2D eigenvalue weighted by Crippen LogP contribution is -2.11. The molecule has 1 aromatic rings. The molecule has 15 heavy (non-hydrogen) atoms. The van der Waals surface area contributed by atoms with Crippen molar-refractivity contribution < 1.29 is 9.47 Å². The summed E-state index contributed by atoms with van der Waals surface area (Å²) in [5.41, 5.74) is -0.264. The number of ether oxygens (including phenoxy) is 2. The Hall–Kier alpha value is -1.36. The quantitative estimate of drug-likeness (QED) is 0.684. The Bertz CT molecular complexity index is 324. The van der Waals surface area contributed by atoms with Crippen LogP contribution in [0.25, 0.3) is 0 Å². The summed E-state index contributed by atoms with van der Waals surface area (Å²) >= 11 is 0. The monoisotopic (exact) mass is 212 g/mol. The topological polar surface area (TPSA) is 64.2 Å². The van der Waals surface area contributed by atoms with E-state index in [0.717, 1.165) is 19.4 Å². The number of hydrogen-bond donors (Lipinski definition) is 1. The molecule has 1 N–H and O–H groups in total. The molecule has 1 heterocycles. The molecule has 0 aliphatic rings. The number of nitrogens with one attached hydrogen (secondary N) is 1. The Balaban J connectivity index is 2.12. The standard InChI is InChI=1S/C10H16N2O3/c1-2-3-4-14-5-6-15-9-7-10(13)12-11-8-9/h7-8H,2-6H2,1H3,(H,12,13). The van der Waals surface area contributed by atoms with Crippen molar-refractivity contribution in [1.29, 1.82) is 0 Å². The second kappa shape index (κ2) is 7.00. The van der Waals surface area contributed by atoms with Crippen molar-refractivity contribution in [2.45, 2.75) is 19.8 Å². The molecule has 1 aromatic heterocycles. The molecular weight excluding hydrogens is 196 g/mol. The number of aromatic amines is 1. The van der Waals surface area contributed by atoms with Crippen LogP contribution in [0.3, 0.4) is 0 Å². The van der Waals surface area contributed by atoms with E-state index in [2.05, 4.69) is 17.1 Å². The van der Waals surface area contributed by atoms with Gasteiger partial charge in [-0.15, -0.1) is 0 Å². The first-order chi connectivity index (χ1) is 7.33. The van der Waals surface area contributed by atoms with Crippen LogP contribution in [0.4, 0.5) is 0 Å². The third-order valence-corrected chi connectivity index (χ3v) is 1.78. The van der Waals surface area contributed by atoms with Crippen molar-refractivity contribution in [3.05, 3.63) is 22.6 Å². The fourth-order valence-corrected chi connectivity index (χ4v) is 1.00. The van der Waals surface area contributed by atoms with Crippen molar-refractivity contribution >= 4 is 0 Å². The van der Waals surface area contributed by atoms with E-state index in [1.54, 1.807) is 0 Å². The lowest BCUT2D eigenvalue weighted by molar-refractivity contribution is 0.0978. The SMILES string of the molecule is CCCCOCCOc1cn[nH]c(=O)c1. The minimum Gasteiger partial charge on any atom is -0.489 e.